The maximum absolute atomic E-state index is 12.3. The summed E-state index contributed by atoms with van der Waals surface area (Å²) in [7, 11) is 0. The summed E-state index contributed by atoms with van der Waals surface area (Å²) in [6, 6.07) is 0. The third-order valence-electron chi connectivity index (χ3n) is 4.96. The molecule has 3 heterocycles. The molecule has 0 saturated carbocycles. The summed E-state index contributed by atoms with van der Waals surface area (Å²) in [5, 5.41) is 2.98. The quantitative estimate of drug-likeness (QED) is 0.753. The van der Waals surface area contributed by atoms with Crippen LogP contribution in [0.3, 0.4) is 0 Å². The largest absolute Gasteiger partial charge is 0.381 e. The summed E-state index contributed by atoms with van der Waals surface area (Å²) >= 11 is 0. The molecule has 5 heteroatoms. The number of amides is 2. The molecule has 0 bridgehead atoms. The number of hydrogen-bond donors (Lipinski definition) is 1. The Morgan fingerprint density at radius 3 is 2.68 bits per heavy atom. The highest BCUT2D eigenvalue weighted by atomic mass is 16.5. The fourth-order valence-electron chi connectivity index (χ4n) is 3.46. The summed E-state index contributed by atoms with van der Waals surface area (Å²) < 4.78 is 5.30. The Balaban J connectivity index is 1.54. The molecule has 19 heavy (non-hydrogen) atoms. The third-order valence-corrected chi connectivity index (χ3v) is 4.96. The second kappa shape index (κ2) is 5.12. The van der Waals surface area contributed by atoms with E-state index in [2.05, 4.69) is 5.32 Å². The summed E-state index contributed by atoms with van der Waals surface area (Å²) in [5.74, 6) is 0.527. The van der Waals surface area contributed by atoms with Crippen LogP contribution < -0.4 is 5.32 Å². The number of carbonyl (C=O) groups is 2. The first-order valence-electron chi connectivity index (χ1n) is 7.32. The van der Waals surface area contributed by atoms with Crippen LogP contribution in [0, 0.1) is 11.3 Å². The Morgan fingerprint density at radius 2 is 2.11 bits per heavy atom. The maximum Gasteiger partial charge on any atom is 0.228 e. The predicted molar refractivity (Wildman–Crippen MR) is 69.4 cm³/mol. The fourth-order valence-corrected chi connectivity index (χ4v) is 3.46. The van der Waals surface area contributed by atoms with Crippen LogP contribution in [-0.4, -0.2) is 49.6 Å². The van der Waals surface area contributed by atoms with E-state index < -0.39 is 0 Å². The molecule has 0 aromatic heterocycles. The minimum absolute atomic E-state index is 0.0834. The average Bonchev–Trinajstić information content (AvgIpc) is 2.97. The van der Waals surface area contributed by atoms with Crippen LogP contribution in [0.1, 0.15) is 32.1 Å². The lowest BCUT2D eigenvalue weighted by Gasteiger charge is -2.44. The molecular weight excluding hydrogens is 244 g/mol. The number of hydrogen-bond acceptors (Lipinski definition) is 3. The van der Waals surface area contributed by atoms with E-state index in [0.29, 0.717) is 13.0 Å². The molecule has 0 aliphatic carbocycles. The highest BCUT2D eigenvalue weighted by Crippen LogP contribution is 2.38. The van der Waals surface area contributed by atoms with Gasteiger partial charge in [-0.15, -0.1) is 0 Å². The molecule has 0 aromatic carbocycles. The molecule has 0 radical (unpaired) electrons. The number of nitrogens with one attached hydrogen (secondary N) is 1. The minimum Gasteiger partial charge on any atom is -0.381 e. The lowest BCUT2D eigenvalue weighted by Crippen LogP contribution is -2.51. The van der Waals surface area contributed by atoms with Gasteiger partial charge in [-0.2, -0.15) is 0 Å². The van der Waals surface area contributed by atoms with Gasteiger partial charge in [-0.05, 0) is 31.1 Å². The van der Waals surface area contributed by atoms with Gasteiger partial charge in [0.05, 0.1) is 12.5 Å². The van der Waals surface area contributed by atoms with Crippen LogP contribution in [0.2, 0.25) is 0 Å². The first-order chi connectivity index (χ1) is 9.19. The van der Waals surface area contributed by atoms with Crippen molar-refractivity contribution in [1.29, 1.82) is 0 Å². The van der Waals surface area contributed by atoms with Crippen LogP contribution in [0.15, 0.2) is 0 Å². The van der Waals surface area contributed by atoms with Gasteiger partial charge >= 0.3 is 0 Å². The summed E-state index contributed by atoms with van der Waals surface area (Å²) in [6.07, 6.45) is 4.54. The molecule has 5 nitrogen and oxygen atoms in total. The highest BCUT2D eigenvalue weighted by Gasteiger charge is 2.39. The Kier molecular flexibility index (Phi) is 3.48. The van der Waals surface area contributed by atoms with Gasteiger partial charge in [-0.25, -0.2) is 0 Å². The van der Waals surface area contributed by atoms with E-state index in [0.717, 1.165) is 51.9 Å². The van der Waals surface area contributed by atoms with Crippen LogP contribution in [0.25, 0.3) is 0 Å². The minimum atomic E-state index is 0.0834. The van der Waals surface area contributed by atoms with E-state index in [9.17, 15) is 9.59 Å². The zero-order valence-corrected chi connectivity index (χ0v) is 11.3. The average molecular weight is 266 g/mol. The van der Waals surface area contributed by atoms with Gasteiger partial charge < -0.3 is 15.0 Å². The van der Waals surface area contributed by atoms with Crippen molar-refractivity contribution in [3.8, 4) is 0 Å². The molecule has 2 amide bonds. The van der Waals surface area contributed by atoms with Crippen molar-refractivity contribution in [3.05, 3.63) is 0 Å². The highest BCUT2D eigenvalue weighted by molar-refractivity contribution is 5.79. The lowest BCUT2D eigenvalue weighted by atomic mass is 9.73. The van der Waals surface area contributed by atoms with Crippen molar-refractivity contribution in [1.82, 2.24) is 10.2 Å². The van der Waals surface area contributed by atoms with E-state index in [4.69, 9.17) is 4.74 Å². The molecule has 106 valence electrons. The molecule has 3 saturated heterocycles. The van der Waals surface area contributed by atoms with Crippen molar-refractivity contribution >= 4 is 11.8 Å². The number of likely N-dealkylation sites (tertiary alicyclic amines) is 1. The molecule has 0 aromatic rings. The zero-order chi connectivity index (χ0) is 13.3. The monoisotopic (exact) mass is 266 g/mol. The molecule has 3 aliphatic rings. The van der Waals surface area contributed by atoms with Gasteiger partial charge in [-0.1, -0.05) is 0 Å². The van der Waals surface area contributed by atoms with Gasteiger partial charge in [0.1, 0.15) is 0 Å². The van der Waals surface area contributed by atoms with Gasteiger partial charge in [0, 0.05) is 32.7 Å². The molecule has 1 N–H and O–H groups in total. The first-order valence-corrected chi connectivity index (χ1v) is 7.32. The van der Waals surface area contributed by atoms with E-state index in [-0.39, 0.29) is 23.1 Å². The Morgan fingerprint density at radius 1 is 1.32 bits per heavy atom. The maximum atomic E-state index is 12.3. The Bertz CT molecular complexity index is 357. The van der Waals surface area contributed by atoms with Gasteiger partial charge in [0.15, 0.2) is 0 Å². The van der Waals surface area contributed by atoms with Crippen molar-refractivity contribution in [2.45, 2.75) is 32.1 Å². The molecule has 3 rings (SSSR count). The second-order valence-electron chi connectivity index (χ2n) is 6.16. The molecule has 1 atom stereocenters. The fraction of sp³-hybridized carbons (Fsp3) is 0.857. The van der Waals surface area contributed by atoms with Gasteiger partial charge in [-0.3, -0.25) is 9.59 Å². The SMILES string of the molecule is O=C1CCC2(CCN(C(=O)[C@H]3CCOC3)CC2)CN1. The van der Waals surface area contributed by atoms with Crippen LogP contribution in [-0.2, 0) is 14.3 Å². The van der Waals surface area contributed by atoms with Crippen molar-refractivity contribution in [2.75, 3.05) is 32.8 Å². The van der Waals surface area contributed by atoms with Crippen LogP contribution >= 0.6 is 0 Å². The van der Waals surface area contributed by atoms with E-state index >= 15 is 0 Å². The molecule has 0 unspecified atom stereocenters. The second-order valence-corrected chi connectivity index (χ2v) is 6.16. The third kappa shape index (κ3) is 2.61. The van der Waals surface area contributed by atoms with Crippen molar-refractivity contribution in [2.24, 2.45) is 11.3 Å². The summed E-state index contributed by atoms with van der Waals surface area (Å²) in [4.78, 5) is 25.5. The Labute approximate surface area is 113 Å². The van der Waals surface area contributed by atoms with Crippen LogP contribution in [0.4, 0.5) is 0 Å². The predicted octanol–water partition coefficient (Wildman–Crippen LogP) is 0.542. The van der Waals surface area contributed by atoms with Gasteiger partial charge in [0.2, 0.25) is 11.8 Å². The topological polar surface area (TPSA) is 58.6 Å². The standard InChI is InChI=1S/C14H22N2O3/c17-12-1-3-14(10-15-12)4-6-16(7-5-14)13(18)11-2-8-19-9-11/h11H,1-10H2,(H,15,17)/t11-/m0/s1. The smallest absolute Gasteiger partial charge is 0.228 e. The number of rotatable bonds is 1. The lowest BCUT2D eigenvalue weighted by molar-refractivity contribution is -0.139. The van der Waals surface area contributed by atoms with Crippen molar-refractivity contribution in [3.63, 3.8) is 0 Å². The molecular formula is C14H22N2O3. The number of nitrogens with zero attached hydrogens (tertiary/aromatic N) is 1. The zero-order valence-electron chi connectivity index (χ0n) is 11.3. The van der Waals surface area contributed by atoms with E-state index in [1.807, 2.05) is 4.90 Å². The first kappa shape index (κ1) is 12.9. The molecule has 3 fully saturated rings. The summed E-state index contributed by atoms with van der Waals surface area (Å²) in [5.41, 5.74) is 0.247. The number of carbonyl (C=O) groups excluding carboxylic acids is 2. The normalized spacial score (nSPS) is 30.4. The Hall–Kier alpha value is -1.10. The van der Waals surface area contributed by atoms with Crippen LogP contribution in [0.5, 0.6) is 0 Å². The van der Waals surface area contributed by atoms with Crippen molar-refractivity contribution < 1.29 is 14.3 Å². The van der Waals surface area contributed by atoms with E-state index in [1.54, 1.807) is 0 Å². The number of ether oxygens (including phenoxy) is 1. The van der Waals surface area contributed by atoms with Gasteiger partial charge in [0.25, 0.3) is 0 Å². The molecule has 1 spiro atoms. The number of piperidine rings is 2. The summed E-state index contributed by atoms with van der Waals surface area (Å²) in [6.45, 7) is 3.79. The molecule has 3 aliphatic heterocycles. The van der Waals surface area contributed by atoms with E-state index in [1.165, 1.54) is 0 Å².